The van der Waals surface area contributed by atoms with Crippen molar-refractivity contribution in [1.82, 2.24) is 0 Å². The van der Waals surface area contributed by atoms with Gasteiger partial charge in [-0.15, -0.1) is 0 Å². The third-order valence-electron chi connectivity index (χ3n) is 4.09. The molecule has 0 aliphatic heterocycles. The molecule has 3 aliphatic carbocycles. The molecule has 0 heterocycles. The summed E-state index contributed by atoms with van der Waals surface area (Å²) in [5.74, 6) is 0.925. The van der Waals surface area contributed by atoms with Crippen LogP contribution in [0, 0.1) is 17.3 Å². The highest BCUT2D eigenvalue weighted by molar-refractivity contribution is 8.22. The Kier molecular flexibility index (Phi) is 3.32. The molecule has 4 heteroatoms. The van der Waals surface area contributed by atoms with E-state index in [4.69, 9.17) is 17.0 Å². The normalized spacial score (nSPS) is 36.2. The SMILES string of the molecule is CSC(=S)O[C@@H]1C[C@H]2CC(=O)[C@H]1CC2(C)C. The van der Waals surface area contributed by atoms with Crippen LogP contribution in [0.5, 0.6) is 0 Å². The molecule has 3 aliphatic rings. The summed E-state index contributed by atoms with van der Waals surface area (Å²) in [6.07, 6.45) is 4.64. The zero-order valence-electron chi connectivity index (χ0n) is 9.99. The van der Waals surface area contributed by atoms with E-state index in [2.05, 4.69) is 13.8 Å². The average Bonchev–Trinajstić information content (AvgIpc) is 2.20. The van der Waals surface area contributed by atoms with E-state index in [0.717, 1.165) is 19.3 Å². The third kappa shape index (κ3) is 2.14. The van der Waals surface area contributed by atoms with Crippen molar-refractivity contribution < 1.29 is 9.53 Å². The summed E-state index contributed by atoms with van der Waals surface area (Å²) in [5, 5.41) is 0. The monoisotopic (exact) mass is 258 g/mol. The maximum Gasteiger partial charge on any atom is 0.219 e. The van der Waals surface area contributed by atoms with Gasteiger partial charge in [0.2, 0.25) is 4.38 Å². The quantitative estimate of drug-likeness (QED) is 0.675. The number of rotatable bonds is 1. The summed E-state index contributed by atoms with van der Waals surface area (Å²) in [7, 11) is 0. The van der Waals surface area contributed by atoms with Crippen LogP contribution in [0.25, 0.3) is 0 Å². The van der Waals surface area contributed by atoms with Crippen LogP contribution in [0.15, 0.2) is 0 Å². The molecule has 3 rings (SSSR count). The Labute approximate surface area is 106 Å². The molecular formula is C12H18O2S2. The molecular weight excluding hydrogens is 240 g/mol. The first-order valence-electron chi connectivity index (χ1n) is 5.71. The van der Waals surface area contributed by atoms with Crippen LogP contribution in [0.3, 0.4) is 0 Å². The summed E-state index contributed by atoms with van der Waals surface area (Å²) in [6.45, 7) is 4.53. The lowest BCUT2D eigenvalue weighted by Crippen LogP contribution is -2.51. The van der Waals surface area contributed by atoms with Gasteiger partial charge in [-0.05, 0) is 42.6 Å². The zero-order chi connectivity index (χ0) is 11.9. The number of thiocarbonyl (C=S) groups is 1. The molecule has 16 heavy (non-hydrogen) atoms. The lowest BCUT2D eigenvalue weighted by molar-refractivity contribution is -0.144. The van der Waals surface area contributed by atoms with Gasteiger partial charge in [-0.25, -0.2) is 0 Å². The Balaban J connectivity index is 2.10. The number of hydrogen-bond donors (Lipinski definition) is 0. The van der Waals surface area contributed by atoms with Crippen molar-refractivity contribution in [3.05, 3.63) is 0 Å². The minimum absolute atomic E-state index is 0.0409. The smallest absolute Gasteiger partial charge is 0.219 e. The number of carbonyl (C=O) groups is 1. The Hall–Kier alpha value is -0.0900. The van der Waals surface area contributed by atoms with Gasteiger partial charge in [0.05, 0.1) is 5.92 Å². The Morgan fingerprint density at radius 3 is 2.81 bits per heavy atom. The minimum atomic E-state index is 0.0409. The molecule has 3 atom stereocenters. The number of Topliss-reactive ketones (excluding diaryl/α,β-unsaturated/α-hetero) is 1. The van der Waals surface area contributed by atoms with Crippen LogP contribution in [0.1, 0.15) is 33.1 Å². The third-order valence-corrected chi connectivity index (χ3v) is 5.12. The van der Waals surface area contributed by atoms with Gasteiger partial charge in [0.15, 0.2) is 0 Å². The fourth-order valence-corrected chi connectivity index (χ4v) is 3.35. The van der Waals surface area contributed by atoms with E-state index >= 15 is 0 Å². The molecule has 0 amide bonds. The van der Waals surface area contributed by atoms with Gasteiger partial charge < -0.3 is 4.74 Å². The van der Waals surface area contributed by atoms with Gasteiger partial charge in [-0.1, -0.05) is 25.6 Å². The van der Waals surface area contributed by atoms with E-state index in [1.54, 1.807) is 0 Å². The van der Waals surface area contributed by atoms with Gasteiger partial charge >= 0.3 is 0 Å². The van der Waals surface area contributed by atoms with Crippen molar-refractivity contribution in [2.24, 2.45) is 17.3 Å². The first-order valence-corrected chi connectivity index (χ1v) is 7.34. The maximum absolute atomic E-state index is 11.9. The minimum Gasteiger partial charge on any atom is -0.474 e. The Bertz CT molecular complexity index is 325. The largest absolute Gasteiger partial charge is 0.474 e. The van der Waals surface area contributed by atoms with E-state index < -0.39 is 0 Å². The molecule has 2 bridgehead atoms. The molecule has 2 nitrogen and oxygen atoms in total. The van der Waals surface area contributed by atoms with Crippen LogP contribution < -0.4 is 0 Å². The molecule has 3 saturated carbocycles. The van der Waals surface area contributed by atoms with Crippen molar-refractivity contribution in [3.63, 3.8) is 0 Å². The van der Waals surface area contributed by atoms with Crippen molar-refractivity contribution >= 4 is 34.1 Å². The predicted octanol–water partition coefficient (Wildman–Crippen LogP) is 3.04. The van der Waals surface area contributed by atoms with Gasteiger partial charge in [0.1, 0.15) is 11.9 Å². The van der Waals surface area contributed by atoms with E-state index in [0.29, 0.717) is 21.5 Å². The molecule has 0 N–H and O–H groups in total. The molecule has 0 radical (unpaired) electrons. The Morgan fingerprint density at radius 1 is 1.56 bits per heavy atom. The molecule has 0 aromatic heterocycles. The molecule has 0 aromatic rings. The molecule has 0 unspecified atom stereocenters. The second kappa shape index (κ2) is 4.30. The molecule has 3 fully saturated rings. The fraction of sp³-hybridized carbons (Fsp3) is 0.833. The summed E-state index contributed by atoms with van der Waals surface area (Å²) < 4.78 is 6.28. The maximum atomic E-state index is 11.9. The highest BCUT2D eigenvalue weighted by Crippen LogP contribution is 2.51. The van der Waals surface area contributed by atoms with Crippen molar-refractivity contribution in [1.29, 1.82) is 0 Å². The van der Waals surface area contributed by atoms with Crippen LogP contribution >= 0.6 is 24.0 Å². The van der Waals surface area contributed by atoms with Gasteiger partial charge in [0.25, 0.3) is 0 Å². The summed E-state index contributed by atoms with van der Waals surface area (Å²) >= 11 is 6.52. The first-order chi connectivity index (χ1) is 7.44. The second-order valence-corrected chi connectivity index (χ2v) is 6.92. The molecule has 0 saturated heterocycles. The topological polar surface area (TPSA) is 26.3 Å². The van der Waals surface area contributed by atoms with Gasteiger partial charge in [0, 0.05) is 6.42 Å². The van der Waals surface area contributed by atoms with Crippen molar-refractivity contribution in [2.75, 3.05) is 6.26 Å². The van der Waals surface area contributed by atoms with Crippen LogP contribution in [-0.4, -0.2) is 22.5 Å². The van der Waals surface area contributed by atoms with E-state index in [-0.39, 0.29) is 12.0 Å². The number of ether oxygens (including phenoxy) is 1. The zero-order valence-corrected chi connectivity index (χ0v) is 11.6. The number of hydrogen-bond acceptors (Lipinski definition) is 4. The lowest BCUT2D eigenvalue weighted by atomic mass is 9.56. The number of carbonyl (C=O) groups excluding carboxylic acids is 1. The fourth-order valence-electron chi connectivity index (χ4n) is 3.01. The lowest BCUT2D eigenvalue weighted by Gasteiger charge is -2.50. The van der Waals surface area contributed by atoms with Gasteiger partial charge in [-0.2, -0.15) is 0 Å². The van der Waals surface area contributed by atoms with Crippen LogP contribution in [0.2, 0.25) is 0 Å². The highest BCUT2D eigenvalue weighted by atomic mass is 32.2. The molecule has 0 spiro atoms. The standard InChI is InChI=1S/C12H18O2S2/c1-12(2)6-8-9(13)4-7(12)5-10(8)14-11(15)16-3/h7-8,10H,4-6H2,1-3H3/t7-,8-,10-/m1/s1. The molecule has 0 aromatic carbocycles. The first kappa shape index (κ1) is 12.4. The molecule has 90 valence electrons. The van der Waals surface area contributed by atoms with E-state index in [1.165, 1.54) is 11.8 Å². The van der Waals surface area contributed by atoms with Crippen molar-refractivity contribution in [2.45, 2.75) is 39.2 Å². The predicted molar refractivity (Wildman–Crippen MR) is 70.6 cm³/mol. The second-order valence-electron chi connectivity index (χ2n) is 5.51. The highest BCUT2D eigenvalue weighted by Gasteiger charge is 2.51. The van der Waals surface area contributed by atoms with Crippen molar-refractivity contribution in [3.8, 4) is 0 Å². The number of ketones is 1. The average molecular weight is 258 g/mol. The van der Waals surface area contributed by atoms with E-state index in [1.807, 2.05) is 6.26 Å². The number of fused-ring (bicyclic) bond motifs is 3. The Morgan fingerprint density at radius 2 is 2.25 bits per heavy atom. The summed E-state index contributed by atoms with van der Waals surface area (Å²) in [6, 6.07) is 0. The van der Waals surface area contributed by atoms with Crippen LogP contribution in [0.4, 0.5) is 0 Å². The summed E-state index contributed by atoms with van der Waals surface area (Å²) in [5.41, 5.74) is 0.291. The van der Waals surface area contributed by atoms with Gasteiger partial charge in [-0.3, -0.25) is 4.79 Å². The summed E-state index contributed by atoms with van der Waals surface area (Å²) in [4.78, 5) is 11.9. The van der Waals surface area contributed by atoms with Crippen LogP contribution in [-0.2, 0) is 9.53 Å². The van der Waals surface area contributed by atoms with E-state index in [9.17, 15) is 4.79 Å². The number of thioether (sulfide) groups is 1.